The second-order valence-electron chi connectivity index (χ2n) is 21.2. The van der Waals surface area contributed by atoms with Crippen molar-refractivity contribution in [1.29, 1.82) is 0 Å². The largest absolute Gasteiger partial charge is 2.00 e. The Labute approximate surface area is 411 Å². The number of carbonyl (C=O) groups is 4. The van der Waals surface area contributed by atoms with Gasteiger partial charge in [0.2, 0.25) is 0 Å². The Balaban J connectivity index is -0.000000164. The molecule has 0 aliphatic heterocycles. The molecule has 0 aromatic heterocycles. The van der Waals surface area contributed by atoms with Crippen molar-refractivity contribution in [2.75, 3.05) is 0 Å². The van der Waals surface area contributed by atoms with Gasteiger partial charge in [-0.25, -0.2) is 0 Å². The van der Waals surface area contributed by atoms with Crippen molar-refractivity contribution in [2.24, 2.45) is 16.2 Å². The maximum absolute atomic E-state index is 10.6. The van der Waals surface area contributed by atoms with E-state index in [-0.39, 0.29) is 32.8 Å². The average Bonchev–Trinajstić information content (AvgIpc) is 3.16. The van der Waals surface area contributed by atoms with E-state index in [0.29, 0.717) is 22.0 Å². The minimum absolute atomic E-state index is 0. The number of rotatable bonds is 33. The molecule has 0 heterocycles. The van der Waals surface area contributed by atoms with Crippen molar-refractivity contribution in [3.63, 3.8) is 0 Å². The molecule has 0 amide bonds. The standard InChI is InChI=1S/C11H22O.3C10H20O2.C5H7O.2C4H9.S.Sn/c1-3-4-5-6-7-8-9-10-11(2)12;3*1-10(2,3)8-6-4-5-7-9(11)12;1-2-3-4-5-6;2*1-3-4-2;;/h3-10H2,1-2H3;3*4-8H2,1-3H3,(H,11,12);4H,1-3H2;2*1,3-4H2,2H3;;/q;;;;;;;+2;+1/p-3. The van der Waals surface area contributed by atoms with Crippen LogP contribution >= 0.6 is 0 Å². The number of Topliss-reactive ketones (excluding diaryl/α,β-unsaturated/α-hetero) is 1. The number of hydrogen-bond donors (Lipinski definition) is 0. The van der Waals surface area contributed by atoms with Crippen LogP contribution in [0.2, 0.25) is 13.3 Å². The number of allylic oxidation sites excluding steroid dienone is 1. The summed E-state index contributed by atoms with van der Waals surface area (Å²) in [6.07, 6.45) is 32.1. The van der Waals surface area contributed by atoms with Crippen LogP contribution in [0.5, 0.6) is 0 Å². The average molecular weight is 1030 g/mol. The first kappa shape index (κ1) is 74.2. The molecule has 0 atom stereocenters. The number of carboxylic acid groups (broad SMARTS) is 3. The van der Waals surface area contributed by atoms with E-state index in [1.165, 1.54) is 94.3 Å². The zero-order valence-electron chi connectivity index (χ0n) is 44.4. The molecule has 0 fully saturated rings. The summed E-state index contributed by atoms with van der Waals surface area (Å²) in [5, 5.41) is 30.1. The van der Waals surface area contributed by atoms with Gasteiger partial charge in [0.05, 0.1) is 0 Å². The van der Waals surface area contributed by atoms with Crippen LogP contribution in [0.1, 0.15) is 276 Å². The predicted molar refractivity (Wildman–Crippen MR) is 273 cm³/mol. The third-order valence-corrected chi connectivity index (χ3v) is 19.4. The van der Waals surface area contributed by atoms with Gasteiger partial charge in [-0.2, -0.15) is 0 Å². The molecule has 0 saturated carbocycles. The molecule has 10 heteroatoms. The number of carboxylic acids is 3. The van der Waals surface area contributed by atoms with Gasteiger partial charge in [0, 0.05) is 24.3 Å². The van der Waals surface area contributed by atoms with Gasteiger partial charge < -0.3 is 34.5 Å². The van der Waals surface area contributed by atoms with Crippen LogP contribution in [-0.4, -0.2) is 49.4 Å². The Morgan fingerprint density at radius 1 is 0.438 bits per heavy atom. The Kier molecular flexibility index (Phi) is 61.1. The number of aliphatic carboxylic acids is 3. The molecule has 0 aromatic carbocycles. The second-order valence-corrected chi connectivity index (χ2v) is 29.8. The first-order valence-corrected chi connectivity index (χ1v) is 31.5. The van der Waals surface area contributed by atoms with Gasteiger partial charge in [0.15, 0.2) is 0 Å². The molecular weight excluding hydrogens is 927 g/mol. The van der Waals surface area contributed by atoms with E-state index >= 15 is 0 Å². The molecule has 8 nitrogen and oxygen atoms in total. The summed E-state index contributed by atoms with van der Waals surface area (Å²) >= 11 is -1.03. The van der Waals surface area contributed by atoms with Crippen LogP contribution in [0.4, 0.5) is 0 Å². The topological polar surface area (TPSA) is 155 Å². The molecule has 0 unspecified atom stereocenters. The summed E-state index contributed by atoms with van der Waals surface area (Å²) in [5.41, 5.74) is 1.13. The van der Waals surface area contributed by atoms with Gasteiger partial charge in [-0.15, -0.1) is 0 Å². The van der Waals surface area contributed by atoms with E-state index < -0.39 is 37.7 Å². The summed E-state index contributed by atoms with van der Waals surface area (Å²) in [7, 11) is 0. The fourth-order valence-corrected chi connectivity index (χ4v) is 15.4. The Hall–Kier alpha value is -1.32. The zero-order chi connectivity index (χ0) is 49.4. The molecule has 64 heavy (non-hydrogen) atoms. The minimum atomic E-state index is -1.03. The van der Waals surface area contributed by atoms with Gasteiger partial charge in [-0.05, 0) is 87.4 Å². The van der Waals surface area contributed by atoms with Crippen molar-refractivity contribution in [1.82, 2.24) is 0 Å². The summed E-state index contributed by atoms with van der Waals surface area (Å²) in [6.45, 7) is 28.3. The maximum atomic E-state index is 10.6. The molecule has 378 valence electrons. The van der Waals surface area contributed by atoms with Crippen molar-refractivity contribution in [3.05, 3.63) is 6.08 Å². The molecule has 0 bridgehead atoms. The fraction of sp³-hybridized carbons (Fsp3) is 0.889. The van der Waals surface area contributed by atoms with Crippen LogP contribution in [0.3, 0.4) is 0 Å². The van der Waals surface area contributed by atoms with Crippen LogP contribution < -0.4 is 15.3 Å². The van der Waals surface area contributed by atoms with E-state index in [9.17, 15) is 39.3 Å². The molecule has 0 aliphatic carbocycles. The number of ketones is 1. The molecular formula is C54H104O8SSn. The van der Waals surface area contributed by atoms with Crippen molar-refractivity contribution < 1.29 is 39.3 Å². The summed E-state index contributed by atoms with van der Waals surface area (Å²) in [6, 6.07) is 0. The first-order chi connectivity index (χ1) is 29.4. The van der Waals surface area contributed by atoms with Gasteiger partial charge in [-0.1, -0.05) is 146 Å². The molecule has 4 radical (unpaired) electrons. The Bertz CT molecular complexity index is 995. The minimum Gasteiger partial charge on any atom is 2.00 e. The van der Waals surface area contributed by atoms with Crippen molar-refractivity contribution >= 4 is 62.9 Å². The van der Waals surface area contributed by atoms with Crippen LogP contribution in [0.25, 0.3) is 0 Å². The predicted octanol–water partition coefficient (Wildman–Crippen LogP) is 13.2. The third kappa shape index (κ3) is 91.2. The number of hydrogen-bond acceptors (Lipinski definition) is 8. The molecule has 0 rings (SSSR count). The normalized spacial score (nSPS) is 10.7. The van der Waals surface area contributed by atoms with Crippen molar-refractivity contribution in [3.8, 4) is 0 Å². The quantitative estimate of drug-likeness (QED) is 0.0357. The maximum Gasteiger partial charge on any atom is 2.00 e. The van der Waals surface area contributed by atoms with Gasteiger partial charge >= 0.3 is 116 Å². The Morgan fingerprint density at radius 3 is 1.00 bits per heavy atom. The second kappa shape index (κ2) is 52.6. The van der Waals surface area contributed by atoms with E-state index in [4.69, 9.17) is 0 Å². The summed E-state index contributed by atoms with van der Waals surface area (Å²) in [5.74, 6) is -0.564. The summed E-state index contributed by atoms with van der Waals surface area (Å²) < 4.78 is 4.63. The number of unbranched alkanes of at least 4 members (excludes halogenated alkanes) is 15. The fourth-order valence-electron chi connectivity index (χ4n) is 6.38. The van der Waals surface area contributed by atoms with Gasteiger partial charge in [0.1, 0.15) is 5.78 Å². The molecule has 0 aliphatic rings. The molecule has 0 N–H and O–H groups in total. The first-order valence-electron chi connectivity index (χ1n) is 25.5. The van der Waals surface area contributed by atoms with E-state index in [1.807, 2.05) is 5.94 Å². The third-order valence-electron chi connectivity index (χ3n) is 10.3. The van der Waals surface area contributed by atoms with Crippen molar-refractivity contribution in [2.45, 2.75) is 290 Å². The van der Waals surface area contributed by atoms with Crippen LogP contribution in [0, 0.1) is 16.2 Å². The number of carbonyl (C=O) groups excluding carboxylic acids is 5. The van der Waals surface area contributed by atoms with Crippen LogP contribution in [0.15, 0.2) is 6.08 Å². The van der Waals surface area contributed by atoms with E-state index in [1.54, 1.807) is 21.9 Å². The molecule has 0 saturated heterocycles. The van der Waals surface area contributed by atoms with Crippen LogP contribution in [-0.2, 0) is 37.5 Å². The molecule has 0 spiro atoms. The Morgan fingerprint density at radius 2 is 0.719 bits per heavy atom. The molecule has 0 aromatic rings. The SMILES string of the molecule is CC(C)(C)CCCCCC(=O)[O-].CC(C)(C)CCCCCC(=O)[O-].CC(C)(C)CCCCCC(=O)[O-].CCCCCCCCCC(C)=O.CCC[CH2][Sn+]([CH2]CCC)[CH2]CCC=C=O.[S+2]. The van der Waals surface area contributed by atoms with E-state index in [2.05, 4.69) is 83.1 Å². The van der Waals surface area contributed by atoms with Gasteiger partial charge in [0.25, 0.3) is 0 Å². The smallest absolute Gasteiger partial charge is 2.00 e. The van der Waals surface area contributed by atoms with E-state index in [0.717, 1.165) is 77.0 Å². The summed E-state index contributed by atoms with van der Waals surface area (Å²) in [4.78, 5) is 50.8. The van der Waals surface area contributed by atoms with Gasteiger partial charge in [-0.3, -0.25) is 0 Å². The monoisotopic (exact) mass is 1030 g/mol. The zero-order valence-corrected chi connectivity index (χ0v) is 48.0.